The van der Waals surface area contributed by atoms with Crippen LogP contribution in [0.25, 0.3) is 0 Å². The third kappa shape index (κ3) is 8.59. The van der Waals surface area contributed by atoms with Gasteiger partial charge in [0.05, 0.1) is 0 Å². The van der Waals surface area contributed by atoms with Crippen LogP contribution in [0.5, 0.6) is 0 Å². The molecule has 0 N–H and O–H groups in total. The van der Waals surface area contributed by atoms with Gasteiger partial charge in [-0.3, -0.25) is 0 Å². The SMILES string of the molecule is CCCCC(CCC)[PH](CCCC)(CCCC)CCCC. The van der Waals surface area contributed by atoms with Crippen LogP contribution in [0.3, 0.4) is 0 Å². The molecule has 0 aliphatic rings. The van der Waals surface area contributed by atoms with Crippen molar-refractivity contribution in [3.63, 3.8) is 0 Å². The summed E-state index contributed by atoms with van der Waals surface area (Å²) in [4.78, 5) is 0. The molecule has 0 spiro atoms. The van der Waals surface area contributed by atoms with Crippen molar-refractivity contribution in [1.82, 2.24) is 0 Å². The molecule has 0 fully saturated rings. The van der Waals surface area contributed by atoms with E-state index in [0.717, 1.165) is 5.66 Å². The van der Waals surface area contributed by atoms with E-state index in [2.05, 4.69) is 34.6 Å². The van der Waals surface area contributed by atoms with Gasteiger partial charge in [0.15, 0.2) is 0 Å². The molecule has 0 aromatic rings. The van der Waals surface area contributed by atoms with E-state index in [1.54, 1.807) is 24.9 Å². The number of unbranched alkanes of at least 4 members (excludes halogenated alkanes) is 4. The van der Waals surface area contributed by atoms with Crippen LogP contribution in [0.1, 0.15) is 105 Å². The quantitative estimate of drug-likeness (QED) is 0.274. The molecule has 0 aromatic carbocycles. The fourth-order valence-corrected chi connectivity index (χ4v) is 11.0. The van der Waals surface area contributed by atoms with Gasteiger partial charge in [-0.25, -0.2) is 0 Å². The Hall–Kier alpha value is 0.430. The zero-order valence-corrected chi connectivity index (χ0v) is 17.0. The fraction of sp³-hybridized carbons (Fsp3) is 1.00. The molecule has 0 aliphatic carbocycles. The Kier molecular flexibility index (Phi) is 14.3. The Morgan fingerprint density at radius 1 is 0.524 bits per heavy atom. The Morgan fingerprint density at radius 3 is 1.29 bits per heavy atom. The second kappa shape index (κ2) is 14.0. The molecule has 0 aromatic heterocycles. The second-order valence-electron chi connectivity index (χ2n) is 7.30. The Morgan fingerprint density at radius 2 is 0.952 bits per heavy atom. The van der Waals surface area contributed by atoms with Gasteiger partial charge in [0.2, 0.25) is 0 Å². The summed E-state index contributed by atoms with van der Waals surface area (Å²) in [6.45, 7) is 12.0. The number of hydrogen-bond acceptors (Lipinski definition) is 0. The Labute approximate surface area is 137 Å². The molecule has 0 nitrogen and oxygen atoms in total. The summed E-state index contributed by atoms with van der Waals surface area (Å²) in [6, 6.07) is 0. The predicted octanol–water partition coefficient (Wildman–Crippen LogP) is 7.50. The zero-order chi connectivity index (χ0) is 16.0. The van der Waals surface area contributed by atoms with E-state index in [1.165, 1.54) is 64.2 Å². The third-order valence-corrected chi connectivity index (χ3v) is 11.9. The summed E-state index contributed by atoms with van der Waals surface area (Å²) in [5.74, 6) is 0. The second-order valence-corrected chi connectivity index (χ2v) is 12.3. The molecule has 0 heterocycles. The topological polar surface area (TPSA) is 0 Å². The van der Waals surface area contributed by atoms with Crippen LogP contribution in [0.2, 0.25) is 0 Å². The zero-order valence-electron chi connectivity index (χ0n) is 16.0. The summed E-state index contributed by atoms with van der Waals surface area (Å²) >= 11 is 0. The molecule has 1 atom stereocenters. The van der Waals surface area contributed by atoms with Gasteiger partial charge in [0.25, 0.3) is 0 Å². The molecule has 0 aliphatic heterocycles. The van der Waals surface area contributed by atoms with E-state index >= 15 is 0 Å². The normalized spacial score (nSPS) is 14.3. The summed E-state index contributed by atoms with van der Waals surface area (Å²) in [7, 11) is -1.05. The molecule has 0 saturated carbocycles. The van der Waals surface area contributed by atoms with Crippen LogP contribution in [0.15, 0.2) is 0 Å². The molecular formula is C20H45P. The van der Waals surface area contributed by atoms with E-state index in [-0.39, 0.29) is 0 Å². The first-order valence-electron chi connectivity index (χ1n) is 10.2. The van der Waals surface area contributed by atoms with Crippen molar-refractivity contribution in [3.05, 3.63) is 0 Å². The van der Waals surface area contributed by atoms with E-state index < -0.39 is 7.26 Å². The first-order valence-corrected chi connectivity index (χ1v) is 12.9. The molecule has 1 heteroatoms. The third-order valence-electron chi connectivity index (χ3n) is 5.49. The van der Waals surface area contributed by atoms with Crippen molar-refractivity contribution < 1.29 is 0 Å². The summed E-state index contributed by atoms with van der Waals surface area (Å²) in [5.41, 5.74) is 1.13. The average Bonchev–Trinajstić information content (AvgIpc) is 2.51. The molecule has 0 radical (unpaired) electrons. The van der Waals surface area contributed by atoms with Gasteiger partial charge >= 0.3 is 137 Å². The van der Waals surface area contributed by atoms with Crippen LogP contribution >= 0.6 is 7.26 Å². The molecule has 21 heavy (non-hydrogen) atoms. The number of rotatable bonds is 15. The Bertz CT molecular complexity index is 190. The standard InChI is InChI=1S/C20H45P/c1-6-11-16-20(15-10-5)21(17-12-7-2,18-13-8-3)19-14-9-4/h20-21H,6-19H2,1-5H3. The first kappa shape index (κ1) is 21.4. The minimum absolute atomic E-state index is 1.05. The molecule has 0 rings (SSSR count). The predicted molar refractivity (Wildman–Crippen MR) is 106 cm³/mol. The van der Waals surface area contributed by atoms with E-state index in [0.29, 0.717) is 0 Å². The number of hydrogen-bond donors (Lipinski definition) is 0. The maximum absolute atomic E-state index is 2.41. The Balaban J connectivity index is 5.08. The van der Waals surface area contributed by atoms with Crippen LogP contribution in [0.4, 0.5) is 0 Å². The molecule has 130 valence electrons. The van der Waals surface area contributed by atoms with E-state index in [1.807, 2.05) is 0 Å². The molecular weight excluding hydrogens is 271 g/mol. The van der Waals surface area contributed by atoms with Crippen molar-refractivity contribution in [3.8, 4) is 0 Å². The van der Waals surface area contributed by atoms with Gasteiger partial charge in [-0.2, -0.15) is 0 Å². The van der Waals surface area contributed by atoms with E-state index in [4.69, 9.17) is 0 Å². The molecule has 0 bridgehead atoms. The van der Waals surface area contributed by atoms with Gasteiger partial charge < -0.3 is 0 Å². The van der Waals surface area contributed by atoms with Crippen molar-refractivity contribution in [1.29, 1.82) is 0 Å². The van der Waals surface area contributed by atoms with Gasteiger partial charge in [0.1, 0.15) is 0 Å². The summed E-state index contributed by atoms with van der Waals surface area (Å²) in [6.07, 6.45) is 21.0. The van der Waals surface area contributed by atoms with Crippen LogP contribution in [-0.4, -0.2) is 24.1 Å². The average molecular weight is 317 g/mol. The first-order chi connectivity index (χ1) is 10.2. The van der Waals surface area contributed by atoms with Crippen molar-refractivity contribution in [2.45, 2.75) is 111 Å². The summed E-state index contributed by atoms with van der Waals surface area (Å²) < 4.78 is 0. The van der Waals surface area contributed by atoms with Crippen LogP contribution < -0.4 is 0 Å². The van der Waals surface area contributed by atoms with E-state index in [9.17, 15) is 0 Å². The minimum atomic E-state index is -1.05. The monoisotopic (exact) mass is 316 g/mol. The van der Waals surface area contributed by atoms with Crippen molar-refractivity contribution in [2.75, 3.05) is 18.5 Å². The van der Waals surface area contributed by atoms with Gasteiger partial charge in [-0.05, 0) is 0 Å². The van der Waals surface area contributed by atoms with Crippen molar-refractivity contribution >= 4 is 7.26 Å². The fourth-order valence-electron chi connectivity index (χ4n) is 4.13. The van der Waals surface area contributed by atoms with Crippen LogP contribution in [-0.2, 0) is 0 Å². The van der Waals surface area contributed by atoms with Gasteiger partial charge in [-0.15, -0.1) is 0 Å². The molecule has 0 amide bonds. The van der Waals surface area contributed by atoms with Gasteiger partial charge in [-0.1, -0.05) is 0 Å². The maximum atomic E-state index is 2.41. The van der Waals surface area contributed by atoms with Crippen LogP contribution in [0, 0.1) is 0 Å². The molecule has 0 saturated heterocycles. The van der Waals surface area contributed by atoms with Crippen molar-refractivity contribution in [2.24, 2.45) is 0 Å². The summed E-state index contributed by atoms with van der Waals surface area (Å²) in [5, 5.41) is 0. The molecule has 1 unspecified atom stereocenters. The van der Waals surface area contributed by atoms with Gasteiger partial charge in [0, 0.05) is 0 Å².